The van der Waals surface area contributed by atoms with Crippen molar-refractivity contribution in [3.8, 4) is 11.5 Å². The van der Waals surface area contributed by atoms with E-state index in [4.69, 9.17) is 4.74 Å². The minimum atomic E-state index is -0.538. The number of carbonyl (C=O) groups is 2. The first-order chi connectivity index (χ1) is 14.5. The lowest BCUT2D eigenvalue weighted by Crippen LogP contribution is -2.31. The summed E-state index contributed by atoms with van der Waals surface area (Å²) in [4.78, 5) is 39.4. The normalized spacial score (nSPS) is 12.9. The van der Waals surface area contributed by atoms with Gasteiger partial charge in [-0.2, -0.15) is 0 Å². The van der Waals surface area contributed by atoms with Gasteiger partial charge in [0.15, 0.2) is 5.78 Å². The van der Waals surface area contributed by atoms with Gasteiger partial charge < -0.3 is 15.0 Å². The molecule has 1 aromatic heterocycles. The number of aromatic nitrogens is 1. The molecule has 0 bridgehead atoms. The monoisotopic (exact) mass is 406 g/mol. The number of amides is 1. The van der Waals surface area contributed by atoms with Crippen molar-refractivity contribution < 1.29 is 18.7 Å². The molecule has 152 valence electrons. The number of halogens is 1. The van der Waals surface area contributed by atoms with Gasteiger partial charge in [0.2, 0.25) is 0 Å². The van der Waals surface area contributed by atoms with Crippen molar-refractivity contribution in [3.63, 3.8) is 0 Å². The van der Waals surface area contributed by atoms with Gasteiger partial charge in [-0.1, -0.05) is 12.1 Å². The average Bonchev–Trinajstić information content (AvgIpc) is 2.74. The van der Waals surface area contributed by atoms with Gasteiger partial charge in [-0.25, -0.2) is 4.39 Å². The summed E-state index contributed by atoms with van der Waals surface area (Å²) >= 11 is 0. The van der Waals surface area contributed by atoms with Crippen molar-refractivity contribution in [1.82, 2.24) is 10.3 Å². The summed E-state index contributed by atoms with van der Waals surface area (Å²) in [5, 5.41) is 2.70. The van der Waals surface area contributed by atoms with Crippen molar-refractivity contribution in [2.45, 2.75) is 25.8 Å². The van der Waals surface area contributed by atoms with Crippen molar-refractivity contribution in [2.24, 2.45) is 0 Å². The average molecular weight is 406 g/mol. The number of fused-ring (bicyclic) bond motifs is 1. The molecule has 0 saturated carbocycles. The van der Waals surface area contributed by atoms with Gasteiger partial charge in [-0.05, 0) is 60.9 Å². The van der Waals surface area contributed by atoms with Gasteiger partial charge in [0, 0.05) is 24.2 Å². The third-order valence-corrected chi connectivity index (χ3v) is 4.92. The first-order valence-corrected chi connectivity index (χ1v) is 9.59. The number of aromatic amines is 1. The van der Waals surface area contributed by atoms with E-state index in [1.807, 2.05) is 0 Å². The highest BCUT2D eigenvalue weighted by Crippen LogP contribution is 2.22. The Morgan fingerprint density at radius 3 is 2.37 bits per heavy atom. The molecule has 6 nitrogen and oxygen atoms in total. The molecule has 1 heterocycles. The molecule has 3 aromatic rings. The van der Waals surface area contributed by atoms with Gasteiger partial charge in [0.1, 0.15) is 22.9 Å². The summed E-state index contributed by atoms with van der Waals surface area (Å²) in [7, 11) is 0. The molecule has 4 rings (SSSR count). The fraction of sp³-hybridized carbons (Fsp3) is 0.174. The maximum atomic E-state index is 13.0. The molecule has 1 aliphatic rings. The van der Waals surface area contributed by atoms with Crippen LogP contribution in [0.15, 0.2) is 59.4 Å². The van der Waals surface area contributed by atoms with E-state index < -0.39 is 11.5 Å². The lowest BCUT2D eigenvalue weighted by molar-refractivity contribution is 0.0949. The van der Waals surface area contributed by atoms with E-state index in [0.717, 1.165) is 5.56 Å². The Bertz CT molecular complexity index is 1150. The smallest absolute Gasteiger partial charge is 0.261 e. The molecule has 2 aromatic carbocycles. The van der Waals surface area contributed by atoms with Gasteiger partial charge in [0.05, 0.1) is 0 Å². The topological polar surface area (TPSA) is 88.3 Å². The number of nitrogens with one attached hydrogen (secondary N) is 2. The van der Waals surface area contributed by atoms with Gasteiger partial charge in [-0.15, -0.1) is 0 Å². The number of aryl methyl sites for hydroxylation is 1. The van der Waals surface area contributed by atoms with Crippen LogP contribution in [0.3, 0.4) is 0 Å². The standard InChI is InChI=1S/C23H19FN2O4/c24-15-6-10-17(11-7-15)30-16-8-4-14(5-9-16)13-25-22(28)19-12-18-20(26-23(19)29)2-1-3-21(18)27/h4-12H,1-3,13H2,(H,25,28)(H,26,29). The van der Waals surface area contributed by atoms with Crippen molar-refractivity contribution in [2.75, 3.05) is 0 Å². The molecular formula is C23H19FN2O4. The lowest BCUT2D eigenvalue weighted by Gasteiger charge is -2.15. The first kappa shape index (κ1) is 19.6. The van der Waals surface area contributed by atoms with Crippen molar-refractivity contribution >= 4 is 11.7 Å². The minimum absolute atomic E-state index is 0.0571. The second kappa shape index (κ2) is 8.32. The minimum Gasteiger partial charge on any atom is -0.457 e. The number of hydrogen-bond donors (Lipinski definition) is 2. The zero-order chi connectivity index (χ0) is 21.1. The zero-order valence-electron chi connectivity index (χ0n) is 16.0. The summed E-state index contributed by atoms with van der Waals surface area (Å²) in [6, 6.07) is 14.1. The highest BCUT2D eigenvalue weighted by Gasteiger charge is 2.21. The van der Waals surface area contributed by atoms with Crippen molar-refractivity contribution in [3.05, 3.63) is 93.2 Å². The highest BCUT2D eigenvalue weighted by molar-refractivity contribution is 6.01. The van der Waals surface area contributed by atoms with Crippen molar-refractivity contribution in [1.29, 1.82) is 0 Å². The Hall–Kier alpha value is -3.74. The number of carbonyl (C=O) groups excluding carboxylic acids is 2. The predicted octanol–water partition coefficient (Wildman–Crippen LogP) is 3.76. The van der Waals surface area contributed by atoms with E-state index in [2.05, 4.69) is 10.3 Å². The summed E-state index contributed by atoms with van der Waals surface area (Å²) in [6.07, 6.45) is 1.76. The molecular weight excluding hydrogens is 387 g/mol. The highest BCUT2D eigenvalue weighted by atomic mass is 19.1. The third kappa shape index (κ3) is 4.30. The van der Waals surface area contributed by atoms with Crippen LogP contribution in [0.2, 0.25) is 0 Å². The van der Waals surface area contributed by atoms with E-state index in [1.165, 1.54) is 30.3 Å². The SMILES string of the molecule is O=C1CCCc2[nH]c(=O)c(C(=O)NCc3ccc(Oc4ccc(F)cc4)cc3)cc21. The lowest BCUT2D eigenvalue weighted by atomic mass is 9.93. The second-order valence-electron chi connectivity index (χ2n) is 7.06. The third-order valence-electron chi connectivity index (χ3n) is 4.92. The maximum absolute atomic E-state index is 13.0. The molecule has 0 spiro atoms. The zero-order valence-corrected chi connectivity index (χ0v) is 16.0. The number of H-pyrrole nitrogens is 1. The maximum Gasteiger partial charge on any atom is 0.261 e. The van der Waals surface area contributed by atoms with Crippen LogP contribution >= 0.6 is 0 Å². The van der Waals surface area contributed by atoms with Gasteiger partial charge >= 0.3 is 0 Å². The number of pyridine rings is 1. The predicted molar refractivity (Wildman–Crippen MR) is 108 cm³/mol. The largest absolute Gasteiger partial charge is 0.457 e. The molecule has 0 radical (unpaired) electrons. The van der Waals surface area contributed by atoms with Crippen LogP contribution in [0.5, 0.6) is 11.5 Å². The Morgan fingerprint density at radius 1 is 1.00 bits per heavy atom. The summed E-state index contributed by atoms with van der Waals surface area (Å²) in [5.41, 5.74) is 1.27. The molecule has 0 fully saturated rings. The quantitative estimate of drug-likeness (QED) is 0.675. The Morgan fingerprint density at radius 2 is 1.67 bits per heavy atom. The van der Waals surface area contributed by atoms with E-state index in [-0.39, 0.29) is 23.7 Å². The fourth-order valence-corrected chi connectivity index (χ4v) is 3.34. The molecule has 1 aliphatic carbocycles. The molecule has 0 saturated heterocycles. The van der Waals surface area contributed by atoms with Crippen LogP contribution < -0.4 is 15.6 Å². The van der Waals surface area contributed by atoms with E-state index in [1.54, 1.807) is 24.3 Å². The molecule has 0 unspecified atom stereocenters. The Labute approximate surface area is 171 Å². The molecule has 0 atom stereocenters. The van der Waals surface area contributed by atoms with Gasteiger partial charge in [0.25, 0.3) is 11.5 Å². The summed E-state index contributed by atoms with van der Waals surface area (Å²) < 4.78 is 18.6. The fourth-order valence-electron chi connectivity index (χ4n) is 3.34. The van der Waals surface area contributed by atoms with Gasteiger partial charge in [-0.3, -0.25) is 14.4 Å². The van der Waals surface area contributed by atoms with E-state index in [9.17, 15) is 18.8 Å². The van der Waals surface area contributed by atoms with Crippen LogP contribution in [0.25, 0.3) is 0 Å². The number of ether oxygens (including phenoxy) is 1. The Kier molecular flexibility index (Phi) is 5.43. The van der Waals surface area contributed by atoms with Crippen LogP contribution in [0.4, 0.5) is 4.39 Å². The number of Topliss-reactive ketones (excluding diaryl/α,β-unsaturated/α-hetero) is 1. The molecule has 2 N–H and O–H groups in total. The van der Waals surface area contributed by atoms with E-state index >= 15 is 0 Å². The molecule has 1 amide bonds. The summed E-state index contributed by atoms with van der Waals surface area (Å²) in [5.74, 6) is 0.151. The number of ketones is 1. The number of hydrogen-bond acceptors (Lipinski definition) is 4. The molecule has 0 aliphatic heterocycles. The van der Waals surface area contributed by atoms with Crippen LogP contribution in [0, 0.1) is 5.82 Å². The number of rotatable bonds is 5. The Balaban J connectivity index is 1.40. The van der Waals surface area contributed by atoms with E-state index in [0.29, 0.717) is 42.0 Å². The van der Waals surface area contributed by atoms with Crippen LogP contribution in [0.1, 0.15) is 44.8 Å². The summed E-state index contributed by atoms with van der Waals surface area (Å²) in [6.45, 7) is 0.208. The van der Waals surface area contributed by atoms with Crippen LogP contribution in [-0.2, 0) is 13.0 Å². The van der Waals surface area contributed by atoms with Crippen LogP contribution in [-0.4, -0.2) is 16.7 Å². The molecule has 7 heteroatoms. The second-order valence-corrected chi connectivity index (χ2v) is 7.06. The molecule has 30 heavy (non-hydrogen) atoms. The number of benzene rings is 2. The first-order valence-electron chi connectivity index (χ1n) is 9.59.